The second-order valence-electron chi connectivity index (χ2n) is 5.10. The van der Waals surface area contributed by atoms with Gasteiger partial charge >= 0.3 is 5.97 Å². The van der Waals surface area contributed by atoms with Gasteiger partial charge in [-0.25, -0.2) is 9.80 Å². The molecule has 0 amide bonds. The maximum absolute atomic E-state index is 12.4. The largest absolute Gasteiger partial charge is 0.464 e. The lowest BCUT2D eigenvalue weighted by molar-refractivity contribution is -0.148. The fourth-order valence-corrected chi connectivity index (χ4v) is 2.86. The molecule has 0 radical (unpaired) electrons. The van der Waals surface area contributed by atoms with Gasteiger partial charge in [0, 0.05) is 17.2 Å². The maximum Gasteiger partial charge on any atom is 0.334 e. The van der Waals surface area contributed by atoms with Crippen LogP contribution in [0.2, 0.25) is 10.0 Å². The number of carbonyl (C=O) groups is 1. The zero-order valence-corrected chi connectivity index (χ0v) is 13.8. The number of ether oxygens (including phenoxy) is 1. The highest BCUT2D eigenvalue weighted by molar-refractivity contribution is 6.36. The van der Waals surface area contributed by atoms with Gasteiger partial charge in [0.05, 0.1) is 17.3 Å². The summed E-state index contributed by atoms with van der Waals surface area (Å²) in [5, 5.41) is 7.20. The summed E-state index contributed by atoms with van der Waals surface area (Å²) in [6.45, 7) is 5.95. The summed E-state index contributed by atoms with van der Waals surface area (Å²) in [6, 6.07) is 5.14. The standard InChI is InChI=1S/C15H18Cl2N2O2/c1-4-11-9-15(3,14(20)21-5-2)19(18-11)13-7-6-10(16)8-12(13)17/h6-8H,4-5,9H2,1-3H3. The normalized spacial score (nSPS) is 21.4. The number of anilines is 1. The van der Waals surface area contributed by atoms with Crippen molar-refractivity contribution in [3.05, 3.63) is 28.2 Å². The molecule has 0 aliphatic carbocycles. The zero-order chi connectivity index (χ0) is 15.6. The van der Waals surface area contributed by atoms with Crippen LogP contribution in [0, 0.1) is 0 Å². The molecule has 1 aromatic rings. The molecule has 0 saturated carbocycles. The molecule has 4 nitrogen and oxygen atoms in total. The van der Waals surface area contributed by atoms with Gasteiger partial charge in [0.25, 0.3) is 0 Å². The highest BCUT2D eigenvalue weighted by atomic mass is 35.5. The smallest absolute Gasteiger partial charge is 0.334 e. The van der Waals surface area contributed by atoms with Crippen molar-refractivity contribution in [1.29, 1.82) is 0 Å². The average Bonchev–Trinajstić information content (AvgIpc) is 2.78. The Morgan fingerprint density at radius 3 is 2.71 bits per heavy atom. The van der Waals surface area contributed by atoms with Crippen LogP contribution in [0.5, 0.6) is 0 Å². The van der Waals surface area contributed by atoms with Gasteiger partial charge in [-0.05, 0) is 38.5 Å². The third kappa shape index (κ3) is 3.01. The van der Waals surface area contributed by atoms with Crippen LogP contribution in [0.1, 0.15) is 33.6 Å². The van der Waals surface area contributed by atoms with Gasteiger partial charge in [-0.15, -0.1) is 0 Å². The number of esters is 1. The molecule has 2 rings (SSSR count). The van der Waals surface area contributed by atoms with Crippen molar-refractivity contribution >= 4 is 40.6 Å². The minimum absolute atomic E-state index is 0.303. The van der Waals surface area contributed by atoms with Crippen molar-refractivity contribution < 1.29 is 9.53 Å². The van der Waals surface area contributed by atoms with Gasteiger partial charge in [-0.3, -0.25) is 0 Å². The Balaban J connectivity index is 2.45. The number of nitrogens with zero attached hydrogens (tertiary/aromatic N) is 2. The third-order valence-corrected chi connectivity index (χ3v) is 4.06. The van der Waals surface area contributed by atoms with Crippen molar-refractivity contribution in [1.82, 2.24) is 0 Å². The van der Waals surface area contributed by atoms with E-state index in [9.17, 15) is 4.79 Å². The molecule has 21 heavy (non-hydrogen) atoms. The Morgan fingerprint density at radius 2 is 2.14 bits per heavy atom. The number of hydrogen-bond acceptors (Lipinski definition) is 4. The van der Waals surface area contributed by atoms with Crippen molar-refractivity contribution in [3.63, 3.8) is 0 Å². The lowest BCUT2D eigenvalue weighted by atomic mass is 9.94. The van der Waals surface area contributed by atoms with Crippen molar-refractivity contribution in [3.8, 4) is 0 Å². The predicted octanol–water partition coefficient (Wildman–Crippen LogP) is 4.29. The van der Waals surface area contributed by atoms with Crippen molar-refractivity contribution in [2.24, 2.45) is 5.10 Å². The second kappa shape index (κ2) is 6.24. The molecular weight excluding hydrogens is 311 g/mol. The number of hydrazone groups is 1. The van der Waals surface area contributed by atoms with Crippen LogP contribution >= 0.6 is 23.2 Å². The van der Waals surface area contributed by atoms with Gasteiger partial charge in [0.1, 0.15) is 0 Å². The fraction of sp³-hybridized carbons (Fsp3) is 0.467. The predicted molar refractivity (Wildman–Crippen MR) is 86.3 cm³/mol. The van der Waals surface area contributed by atoms with Gasteiger partial charge < -0.3 is 4.74 Å². The topological polar surface area (TPSA) is 41.9 Å². The molecule has 1 aliphatic rings. The summed E-state index contributed by atoms with van der Waals surface area (Å²) < 4.78 is 5.21. The number of benzene rings is 1. The van der Waals surface area contributed by atoms with Gasteiger partial charge in [0.15, 0.2) is 5.54 Å². The first-order chi connectivity index (χ1) is 9.92. The van der Waals surface area contributed by atoms with E-state index in [1.807, 2.05) is 13.8 Å². The number of rotatable bonds is 4. The number of halogens is 2. The Bertz CT molecular complexity index is 589. The molecule has 1 unspecified atom stereocenters. The average molecular weight is 329 g/mol. The van der Waals surface area contributed by atoms with E-state index in [2.05, 4.69) is 5.10 Å². The molecule has 1 heterocycles. The van der Waals surface area contributed by atoms with Crippen LogP contribution in [0.15, 0.2) is 23.3 Å². The number of hydrogen-bond donors (Lipinski definition) is 0. The van der Waals surface area contributed by atoms with E-state index >= 15 is 0 Å². The molecule has 6 heteroatoms. The minimum Gasteiger partial charge on any atom is -0.464 e. The molecule has 1 aromatic carbocycles. The Morgan fingerprint density at radius 1 is 1.43 bits per heavy atom. The van der Waals surface area contributed by atoms with Crippen LogP contribution in [-0.4, -0.2) is 23.8 Å². The van der Waals surface area contributed by atoms with E-state index in [0.29, 0.717) is 28.8 Å². The molecule has 0 bridgehead atoms. The first-order valence-corrected chi connectivity index (χ1v) is 7.66. The molecule has 1 aliphatic heterocycles. The third-order valence-electron chi connectivity index (χ3n) is 3.52. The van der Waals surface area contributed by atoms with E-state index in [-0.39, 0.29) is 5.97 Å². The van der Waals surface area contributed by atoms with E-state index in [0.717, 1.165) is 12.1 Å². The van der Waals surface area contributed by atoms with E-state index < -0.39 is 5.54 Å². The van der Waals surface area contributed by atoms with E-state index in [4.69, 9.17) is 27.9 Å². The van der Waals surface area contributed by atoms with Crippen LogP contribution < -0.4 is 5.01 Å². The lowest BCUT2D eigenvalue weighted by Gasteiger charge is -2.32. The minimum atomic E-state index is -0.876. The number of carbonyl (C=O) groups excluding carboxylic acids is 1. The van der Waals surface area contributed by atoms with Gasteiger partial charge in [-0.2, -0.15) is 5.10 Å². The first-order valence-electron chi connectivity index (χ1n) is 6.91. The highest BCUT2D eigenvalue weighted by Gasteiger charge is 2.47. The van der Waals surface area contributed by atoms with Gasteiger partial charge in [0.2, 0.25) is 0 Å². The van der Waals surface area contributed by atoms with Crippen molar-refractivity contribution in [2.45, 2.75) is 39.2 Å². The first kappa shape index (κ1) is 16.1. The molecule has 0 saturated heterocycles. The summed E-state index contributed by atoms with van der Waals surface area (Å²) in [4.78, 5) is 12.4. The molecular formula is C15H18Cl2N2O2. The lowest BCUT2D eigenvalue weighted by Crippen LogP contribution is -2.48. The van der Waals surface area contributed by atoms with E-state index in [1.54, 1.807) is 30.1 Å². The highest BCUT2D eigenvalue weighted by Crippen LogP contribution is 2.39. The monoisotopic (exact) mass is 328 g/mol. The van der Waals surface area contributed by atoms with Crippen LogP contribution in [0.3, 0.4) is 0 Å². The van der Waals surface area contributed by atoms with Crippen LogP contribution in [0.4, 0.5) is 5.69 Å². The van der Waals surface area contributed by atoms with Crippen LogP contribution in [0.25, 0.3) is 0 Å². The summed E-state index contributed by atoms with van der Waals surface area (Å²) in [5.41, 5.74) is 0.718. The fourth-order valence-electron chi connectivity index (χ4n) is 2.37. The second-order valence-corrected chi connectivity index (χ2v) is 5.94. The summed E-state index contributed by atoms with van der Waals surface area (Å²) in [6.07, 6.45) is 1.30. The Hall–Kier alpha value is -1.26. The van der Waals surface area contributed by atoms with Crippen LogP contribution in [-0.2, 0) is 9.53 Å². The Kier molecular flexibility index (Phi) is 4.79. The van der Waals surface area contributed by atoms with Crippen molar-refractivity contribution in [2.75, 3.05) is 11.6 Å². The summed E-state index contributed by atoms with van der Waals surface area (Å²) in [5.74, 6) is -0.303. The Labute approximate surface area is 134 Å². The molecule has 0 aromatic heterocycles. The molecule has 0 spiro atoms. The quantitative estimate of drug-likeness (QED) is 0.774. The zero-order valence-electron chi connectivity index (χ0n) is 12.3. The van der Waals surface area contributed by atoms with Gasteiger partial charge in [-0.1, -0.05) is 30.1 Å². The maximum atomic E-state index is 12.4. The SMILES string of the molecule is CCOC(=O)C1(C)CC(CC)=NN1c1ccc(Cl)cc1Cl. The molecule has 0 fully saturated rings. The molecule has 0 N–H and O–H groups in total. The molecule has 114 valence electrons. The summed E-state index contributed by atoms with van der Waals surface area (Å²) in [7, 11) is 0. The van der Waals surface area contributed by atoms with E-state index in [1.165, 1.54) is 0 Å². The summed E-state index contributed by atoms with van der Waals surface area (Å²) >= 11 is 12.2. The molecule has 1 atom stereocenters.